The normalized spacial score (nSPS) is 14.4. The van der Waals surface area contributed by atoms with E-state index in [1.165, 1.54) is 36.5 Å². The van der Waals surface area contributed by atoms with Crippen LogP contribution in [0.5, 0.6) is 5.75 Å². The molecule has 0 atom stereocenters. The number of methoxy groups -OCH3 is 1. The maximum Gasteiger partial charge on any atom is 0.416 e. The molecule has 5 N–H and O–H groups in total. The molecule has 0 aliphatic carbocycles. The Balaban J connectivity index is 1.64. The Morgan fingerprint density at radius 1 is 1.25 bits per heavy atom. The van der Waals surface area contributed by atoms with Gasteiger partial charge in [-0.25, -0.2) is 5.84 Å². The van der Waals surface area contributed by atoms with Gasteiger partial charge in [-0.3, -0.25) is 19.4 Å². The van der Waals surface area contributed by atoms with E-state index in [0.717, 1.165) is 43.8 Å². The van der Waals surface area contributed by atoms with Gasteiger partial charge in [-0.2, -0.15) is 18.3 Å². The molecule has 0 saturated carbocycles. The Morgan fingerprint density at radius 2 is 1.95 bits per heavy atom. The second-order valence-electron chi connectivity index (χ2n) is 9.58. The van der Waals surface area contributed by atoms with Crippen molar-refractivity contribution in [2.75, 3.05) is 30.5 Å². The number of nitrogens with zero attached hydrogens (tertiary/aromatic N) is 4. The number of carbonyl (C=O) groups is 1. The van der Waals surface area contributed by atoms with Gasteiger partial charge in [-0.05, 0) is 63.2 Å². The topological polar surface area (TPSA) is 115 Å². The molecule has 1 aliphatic heterocycles. The van der Waals surface area contributed by atoms with Crippen LogP contribution in [0, 0.1) is 6.92 Å². The van der Waals surface area contributed by atoms with Crippen LogP contribution in [0.4, 0.5) is 24.5 Å². The summed E-state index contributed by atoms with van der Waals surface area (Å²) < 4.78 is 48.5. The van der Waals surface area contributed by atoms with Crippen molar-refractivity contribution in [3.8, 4) is 5.75 Å². The third-order valence-corrected chi connectivity index (χ3v) is 7.17. The largest absolute Gasteiger partial charge is 0.494 e. The van der Waals surface area contributed by atoms with Gasteiger partial charge in [0.25, 0.3) is 5.91 Å². The van der Waals surface area contributed by atoms with Gasteiger partial charge >= 0.3 is 6.18 Å². The zero-order valence-corrected chi connectivity index (χ0v) is 23.1. The molecule has 0 radical (unpaired) electrons. The Hall–Kier alpha value is -3.74. The highest BCUT2D eigenvalue weighted by atomic mass is 35.5. The number of carbonyl (C=O) groups excluding carboxylic acids is 1. The summed E-state index contributed by atoms with van der Waals surface area (Å²) in [7, 11) is 3.14. The van der Waals surface area contributed by atoms with Gasteiger partial charge in [0.05, 0.1) is 41.0 Å². The van der Waals surface area contributed by atoms with Crippen molar-refractivity contribution >= 4 is 34.6 Å². The monoisotopic (exact) mass is 577 g/mol. The van der Waals surface area contributed by atoms with Crippen LogP contribution in [0.3, 0.4) is 0 Å². The molecular weight excluding hydrogens is 547 g/mol. The molecule has 4 rings (SSSR count). The van der Waals surface area contributed by atoms with Crippen molar-refractivity contribution in [1.29, 1.82) is 0 Å². The third kappa shape index (κ3) is 6.35. The minimum absolute atomic E-state index is 0.0891. The van der Waals surface area contributed by atoms with Crippen LogP contribution >= 0.6 is 11.6 Å². The summed E-state index contributed by atoms with van der Waals surface area (Å²) in [6, 6.07) is 6.27. The molecule has 1 aromatic heterocycles. The second-order valence-corrected chi connectivity index (χ2v) is 9.98. The fraction of sp³-hybridized carbons (Fsp3) is 0.333. The highest BCUT2D eigenvalue weighted by Gasteiger charge is 2.33. The van der Waals surface area contributed by atoms with Gasteiger partial charge in [0.1, 0.15) is 5.75 Å². The van der Waals surface area contributed by atoms with Crippen LogP contribution in [-0.2, 0) is 19.8 Å². The number of aromatic nitrogens is 2. The number of rotatable bonds is 8. The van der Waals surface area contributed by atoms with E-state index in [0.29, 0.717) is 16.8 Å². The molecule has 2 heterocycles. The van der Waals surface area contributed by atoms with E-state index in [-0.39, 0.29) is 34.3 Å². The lowest BCUT2D eigenvalue weighted by molar-refractivity contribution is -0.137. The number of hydrogen-bond donors (Lipinski definition) is 3. The fourth-order valence-corrected chi connectivity index (χ4v) is 4.82. The molecule has 13 heteroatoms. The highest BCUT2D eigenvalue weighted by Crippen LogP contribution is 2.39. The maximum atomic E-state index is 13.8. The number of amides is 1. The second kappa shape index (κ2) is 11.8. The summed E-state index contributed by atoms with van der Waals surface area (Å²) in [6.45, 7) is 3.68. The van der Waals surface area contributed by atoms with Gasteiger partial charge in [0.2, 0.25) is 0 Å². The minimum atomic E-state index is -4.61. The zero-order valence-electron chi connectivity index (χ0n) is 22.3. The van der Waals surface area contributed by atoms with Crippen LogP contribution in [0.25, 0.3) is 5.70 Å². The molecule has 214 valence electrons. The number of benzene rings is 2. The van der Waals surface area contributed by atoms with E-state index in [2.05, 4.69) is 15.3 Å². The molecule has 1 amide bonds. The first-order valence-electron chi connectivity index (χ1n) is 12.5. The number of ether oxygens (including phenoxy) is 1. The van der Waals surface area contributed by atoms with Gasteiger partial charge in [0, 0.05) is 42.2 Å². The predicted molar refractivity (Wildman–Crippen MR) is 149 cm³/mol. The Bertz CT molecular complexity index is 1430. The van der Waals surface area contributed by atoms with E-state index in [1.54, 1.807) is 17.9 Å². The van der Waals surface area contributed by atoms with Crippen molar-refractivity contribution in [2.24, 2.45) is 18.6 Å². The molecular formula is C27H31ClF3N7O2. The Labute approximate surface area is 235 Å². The lowest BCUT2D eigenvalue weighted by Gasteiger charge is -2.22. The smallest absolute Gasteiger partial charge is 0.416 e. The summed E-state index contributed by atoms with van der Waals surface area (Å²) in [4.78, 5) is 15.3. The summed E-state index contributed by atoms with van der Waals surface area (Å²) >= 11 is 6.35. The van der Waals surface area contributed by atoms with Gasteiger partial charge in [0.15, 0.2) is 0 Å². The maximum absolute atomic E-state index is 13.8. The Morgan fingerprint density at radius 3 is 2.55 bits per heavy atom. The third-order valence-electron chi connectivity index (χ3n) is 6.85. The van der Waals surface area contributed by atoms with Crippen LogP contribution in [-0.4, -0.2) is 40.8 Å². The number of nitrogens with two attached hydrogens (primary N) is 2. The summed E-state index contributed by atoms with van der Waals surface area (Å²) in [5.41, 5.74) is 7.75. The van der Waals surface area contributed by atoms with Gasteiger partial charge in [-0.15, -0.1) is 0 Å². The van der Waals surface area contributed by atoms with Gasteiger partial charge in [-0.1, -0.05) is 11.6 Å². The number of hydrazine groups is 1. The average Bonchev–Trinajstić information content (AvgIpc) is 3.53. The number of alkyl halides is 3. The number of anilines is 2. The molecule has 0 unspecified atom stereocenters. The number of likely N-dealkylation sites (tertiary alicyclic amines) is 1. The van der Waals surface area contributed by atoms with Crippen molar-refractivity contribution in [3.63, 3.8) is 0 Å². The van der Waals surface area contributed by atoms with E-state index < -0.39 is 17.6 Å². The van der Waals surface area contributed by atoms with Crippen LogP contribution < -0.4 is 26.6 Å². The fourth-order valence-electron chi connectivity index (χ4n) is 4.60. The van der Waals surface area contributed by atoms with Crippen molar-refractivity contribution in [1.82, 2.24) is 14.7 Å². The number of halogens is 4. The average molecular weight is 578 g/mol. The first kappa shape index (κ1) is 29.2. The van der Waals surface area contributed by atoms with Crippen molar-refractivity contribution in [2.45, 2.75) is 32.5 Å². The van der Waals surface area contributed by atoms with Crippen LogP contribution in [0.2, 0.25) is 5.02 Å². The number of nitrogens with one attached hydrogen (secondary N) is 1. The summed E-state index contributed by atoms with van der Waals surface area (Å²) in [6.07, 6.45) is 0.376. The molecule has 0 bridgehead atoms. The molecule has 9 nitrogen and oxygen atoms in total. The van der Waals surface area contributed by atoms with E-state index >= 15 is 0 Å². The van der Waals surface area contributed by atoms with E-state index in [9.17, 15) is 18.0 Å². The van der Waals surface area contributed by atoms with E-state index in [1.807, 2.05) is 6.92 Å². The molecule has 3 aromatic rings. The Kier molecular flexibility index (Phi) is 8.62. The number of aryl methyl sites for hydroxylation is 1. The lowest BCUT2D eigenvalue weighted by atomic mass is 10.1. The summed E-state index contributed by atoms with van der Waals surface area (Å²) in [5.74, 6) is 5.71. The molecule has 2 aromatic carbocycles. The van der Waals surface area contributed by atoms with Crippen LogP contribution in [0.15, 0.2) is 42.7 Å². The lowest BCUT2D eigenvalue weighted by Crippen LogP contribution is -2.26. The van der Waals surface area contributed by atoms with Gasteiger partial charge < -0.3 is 15.8 Å². The van der Waals surface area contributed by atoms with E-state index in [4.69, 9.17) is 27.9 Å². The highest BCUT2D eigenvalue weighted by molar-refractivity contribution is 6.33. The van der Waals surface area contributed by atoms with Crippen LogP contribution in [0.1, 0.15) is 45.6 Å². The molecule has 1 aliphatic rings. The number of hydrogen-bond acceptors (Lipinski definition) is 7. The standard InChI is InChI=1S/C27H31ClF3N7O2/c1-16-20(13-34-36(16)2)22(32)15-38(33)24-11-17(6-7-21(24)28)26(39)35-23-12-19(27(29,30)31)10-18(25(23)40-3)14-37-8-4-5-9-37/h6-7,10-13,15H,4-5,8-9,14,32-33H2,1-3H3,(H,35,39)/b22-15-. The van der Waals surface area contributed by atoms with Crippen molar-refractivity contribution < 1.29 is 22.7 Å². The minimum Gasteiger partial charge on any atom is -0.494 e. The predicted octanol–water partition coefficient (Wildman–Crippen LogP) is 4.89. The first-order chi connectivity index (χ1) is 18.9. The molecule has 1 saturated heterocycles. The SMILES string of the molecule is COc1c(CN2CCCC2)cc(C(F)(F)F)cc1NC(=O)c1ccc(Cl)c(N(N)/C=C(\N)c2cnn(C)c2C)c1. The molecule has 0 spiro atoms. The first-order valence-corrected chi connectivity index (χ1v) is 12.9. The molecule has 1 fully saturated rings. The van der Waals surface area contributed by atoms with Crippen molar-refractivity contribution in [3.05, 3.63) is 75.7 Å². The zero-order chi connectivity index (χ0) is 29.2. The summed E-state index contributed by atoms with van der Waals surface area (Å²) in [5, 5.41) is 8.14. The quantitative estimate of drug-likeness (QED) is 0.258. The molecule has 40 heavy (non-hydrogen) atoms.